The monoisotopic (exact) mass is 331 g/mol. The number of amides is 1. The first-order valence-corrected chi connectivity index (χ1v) is 9.27. The van der Waals surface area contributed by atoms with E-state index in [4.69, 9.17) is 0 Å². The molecule has 1 aromatic heterocycles. The smallest absolute Gasteiger partial charge is 0.239 e. The minimum absolute atomic E-state index is 0.123. The van der Waals surface area contributed by atoms with Crippen LogP contribution in [0.2, 0.25) is 0 Å². The third-order valence-corrected chi connectivity index (χ3v) is 5.12. The Bertz CT molecular complexity index is 539. The minimum Gasteiger partial charge on any atom is -0.366 e. The molecular weight excluding hydrogens is 302 g/mol. The van der Waals surface area contributed by atoms with Crippen LogP contribution in [-0.2, 0) is 4.79 Å². The van der Waals surface area contributed by atoms with Crippen molar-refractivity contribution in [1.29, 1.82) is 0 Å². The van der Waals surface area contributed by atoms with Gasteiger partial charge in [0, 0.05) is 19.1 Å². The summed E-state index contributed by atoms with van der Waals surface area (Å²) in [5, 5.41) is 11.7. The van der Waals surface area contributed by atoms with Gasteiger partial charge in [0.25, 0.3) is 0 Å². The normalized spacial score (nSPS) is 22.8. The lowest BCUT2D eigenvalue weighted by Crippen LogP contribution is -2.50. The SMILES string of the molecule is CCCN1CCC[C@H]1C(=O)N1CCC(Nc2ccc(C)nn2)CC1. The van der Waals surface area contributed by atoms with Gasteiger partial charge >= 0.3 is 0 Å². The highest BCUT2D eigenvalue weighted by atomic mass is 16.2. The van der Waals surface area contributed by atoms with Gasteiger partial charge in [-0.1, -0.05) is 6.92 Å². The molecule has 6 heteroatoms. The Morgan fingerprint density at radius 2 is 2.00 bits per heavy atom. The van der Waals surface area contributed by atoms with Crippen LogP contribution in [0.25, 0.3) is 0 Å². The van der Waals surface area contributed by atoms with Crippen LogP contribution in [0.15, 0.2) is 12.1 Å². The molecule has 3 heterocycles. The first-order valence-electron chi connectivity index (χ1n) is 9.27. The molecule has 0 bridgehead atoms. The van der Waals surface area contributed by atoms with Gasteiger partial charge in [0.15, 0.2) is 0 Å². The van der Waals surface area contributed by atoms with Crippen LogP contribution in [0, 0.1) is 6.92 Å². The molecule has 6 nitrogen and oxygen atoms in total. The van der Waals surface area contributed by atoms with Crippen molar-refractivity contribution in [3.63, 3.8) is 0 Å². The topological polar surface area (TPSA) is 61.4 Å². The molecule has 0 saturated carbocycles. The number of anilines is 1. The van der Waals surface area contributed by atoms with E-state index in [0.717, 1.165) is 69.8 Å². The lowest BCUT2D eigenvalue weighted by atomic mass is 10.0. The summed E-state index contributed by atoms with van der Waals surface area (Å²) >= 11 is 0. The largest absolute Gasteiger partial charge is 0.366 e. The lowest BCUT2D eigenvalue weighted by Gasteiger charge is -2.35. The zero-order valence-electron chi connectivity index (χ0n) is 14.9. The van der Waals surface area contributed by atoms with Crippen LogP contribution >= 0.6 is 0 Å². The van der Waals surface area contributed by atoms with E-state index in [9.17, 15) is 4.79 Å². The Hall–Kier alpha value is -1.69. The summed E-state index contributed by atoms with van der Waals surface area (Å²) in [6.07, 6.45) is 5.24. The van der Waals surface area contributed by atoms with Gasteiger partial charge in [-0.15, -0.1) is 5.10 Å². The molecule has 2 aliphatic rings. The molecule has 0 aliphatic carbocycles. The molecule has 1 amide bonds. The average Bonchev–Trinajstić information content (AvgIpc) is 3.06. The van der Waals surface area contributed by atoms with Crippen molar-refractivity contribution in [2.45, 2.75) is 58.0 Å². The van der Waals surface area contributed by atoms with E-state index in [0.29, 0.717) is 11.9 Å². The summed E-state index contributed by atoms with van der Waals surface area (Å²) < 4.78 is 0. The maximum atomic E-state index is 12.8. The highest BCUT2D eigenvalue weighted by molar-refractivity contribution is 5.82. The number of piperidine rings is 1. The molecule has 2 saturated heterocycles. The molecule has 2 fully saturated rings. The van der Waals surface area contributed by atoms with Gasteiger partial charge in [0.2, 0.25) is 5.91 Å². The van der Waals surface area contributed by atoms with E-state index in [1.165, 1.54) is 0 Å². The molecule has 0 radical (unpaired) electrons. The number of aryl methyl sites for hydroxylation is 1. The third-order valence-electron chi connectivity index (χ3n) is 5.12. The summed E-state index contributed by atoms with van der Waals surface area (Å²) in [4.78, 5) is 17.3. The van der Waals surface area contributed by atoms with Crippen LogP contribution in [0.3, 0.4) is 0 Å². The van der Waals surface area contributed by atoms with Gasteiger partial charge in [-0.3, -0.25) is 9.69 Å². The van der Waals surface area contributed by atoms with Crippen LogP contribution in [0.4, 0.5) is 5.82 Å². The van der Waals surface area contributed by atoms with Crippen LogP contribution in [-0.4, -0.2) is 64.2 Å². The average molecular weight is 331 g/mol. The van der Waals surface area contributed by atoms with Gasteiger partial charge in [0.1, 0.15) is 5.82 Å². The van der Waals surface area contributed by atoms with Crippen molar-refractivity contribution in [1.82, 2.24) is 20.0 Å². The van der Waals surface area contributed by atoms with Gasteiger partial charge in [-0.25, -0.2) is 0 Å². The number of hydrogen-bond acceptors (Lipinski definition) is 5. The number of nitrogens with zero attached hydrogens (tertiary/aromatic N) is 4. The van der Waals surface area contributed by atoms with Crippen LogP contribution in [0.1, 0.15) is 44.7 Å². The predicted octanol–water partition coefficient (Wildman–Crippen LogP) is 2.06. The zero-order chi connectivity index (χ0) is 16.9. The predicted molar refractivity (Wildman–Crippen MR) is 94.9 cm³/mol. The summed E-state index contributed by atoms with van der Waals surface area (Å²) in [7, 11) is 0. The first kappa shape index (κ1) is 17.1. The Labute approximate surface area is 144 Å². The van der Waals surface area contributed by atoms with Gasteiger partial charge in [-0.2, -0.15) is 5.10 Å². The second-order valence-corrected chi connectivity index (χ2v) is 7.00. The van der Waals surface area contributed by atoms with E-state index in [-0.39, 0.29) is 6.04 Å². The number of hydrogen-bond donors (Lipinski definition) is 1. The van der Waals surface area contributed by atoms with E-state index < -0.39 is 0 Å². The lowest BCUT2D eigenvalue weighted by molar-refractivity contribution is -0.137. The van der Waals surface area contributed by atoms with E-state index in [1.807, 2.05) is 19.1 Å². The van der Waals surface area contributed by atoms with Crippen LogP contribution in [0.5, 0.6) is 0 Å². The third kappa shape index (κ3) is 4.04. The Morgan fingerprint density at radius 1 is 1.21 bits per heavy atom. The molecule has 132 valence electrons. The Balaban J connectivity index is 1.49. The molecule has 1 aromatic rings. The Morgan fingerprint density at radius 3 is 2.67 bits per heavy atom. The van der Waals surface area contributed by atoms with Crippen molar-refractivity contribution in [2.24, 2.45) is 0 Å². The minimum atomic E-state index is 0.123. The van der Waals surface area contributed by atoms with Crippen LogP contribution < -0.4 is 5.32 Å². The van der Waals surface area contributed by atoms with E-state index in [2.05, 4.69) is 32.2 Å². The van der Waals surface area contributed by atoms with Crippen molar-refractivity contribution >= 4 is 11.7 Å². The van der Waals surface area contributed by atoms with Crippen molar-refractivity contribution in [3.8, 4) is 0 Å². The number of carbonyl (C=O) groups is 1. The molecule has 0 aromatic carbocycles. The maximum Gasteiger partial charge on any atom is 0.239 e. The molecule has 1 atom stereocenters. The molecule has 1 N–H and O–H groups in total. The molecule has 24 heavy (non-hydrogen) atoms. The summed E-state index contributed by atoms with van der Waals surface area (Å²) in [6.45, 7) is 7.92. The number of carbonyl (C=O) groups excluding carboxylic acids is 1. The molecule has 0 unspecified atom stereocenters. The van der Waals surface area contributed by atoms with Gasteiger partial charge in [0.05, 0.1) is 11.7 Å². The summed E-state index contributed by atoms with van der Waals surface area (Å²) in [6, 6.07) is 4.44. The number of nitrogens with one attached hydrogen (secondary N) is 1. The van der Waals surface area contributed by atoms with Crippen molar-refractivity contribution in [2.75, 3.05) is 31.5 Å². The molecule has 3 rings (SSSR count). The second-order valence-electron chi connectivity index (χ2n) is 7.00. The molecule has 0 spiro atoms. The summed E-state index contributed by atoms with van der Waals surface area (Å²) in [5.41, 5.74) is 0.925. The maximum absolute atomic E-state index is 12.8. The standard InChI is InChI=1S/C18H29N5O/c1-3-10-22-11-4-5-16(22)18(24)23-12-8-15(9-13-23)19-17-7-6-14(2)20-21-17/h6-7,15-16H,3-5,8-13H2,1-2H3,(H,19,21)/t16-/m0/s1. The first-order chi connectivity index (χ1) is 11.7. The van der Waals surface area contributed by atoms with Crippen molar-refractivity contribution in [3.05, 3.63) is 17.8 Å². The quantitative estimate of drug-likeness (QED) is 0.895. The fourth-order valence-corrected chi connectivity index (χ4v) is 3.80. The van der Waals surface area contributed by atoms with Gasteiger partial charge < -0.3 is 10.2 Å². The number of likely N-dealkylation sites (tertiary alicyclic amines) is 2. The summed E-state index contributed by atoms with van der Waals surface area (Å²) in [5.74, 6) is 1.17. The van der Waals surface area contributed by atoms with E-state index in [1.54, 1.807) is 0 Å². The van der Waals surface area contributed by atoms with E-state index >= 15 is 0 Å². The van der Waals surface area contributed by atoms with Gasteiger partial charge in [-0.05, 0) is 64.3 Å². The number of aromatic nitrogens is 2. The molecule has 2 aliphatic heterocycles. The highest BCUT2D eigenvalue weighted by Gasteiger charge is 2.34. The Kier molecular flexibility index (Phi) is 5.66. The second kappa shape index (κ2) is 7.92. The molecular formula is C18H29N5O. The fourth-order valence-electron chi connectivity index (χ4n) is 3.80. The van der Waals surface area contributed by atoms with Crippen molar-refractivity contribution < 1.29 is 4.79 Å². The fraction of sp³-hybridized carbons (Fsp3) is 0.722. The number of rotatable bonds is 5. The highest BCUT2D eigenvalue weighted by Crippen LogP contribution is 2.22. The zero-order valence-corrected chi connectivity index (χ0v) is 14.9.